The highest BCUT2D eigenvalue weighted by molar-refractivity contribution is 7.99. The lowest BCUT2D eigenvalue weighted by Gasteiger charge is -2.28. The van der Waals surface area contributed by atoms with Gasteiger partial charge in [0.15, 0.2) is 5.82 Å². The highest BCUT2D eigenvalue weighted by Gasteiger charge is 2.18. The number of anilines is 1. The predicted molar refractivity (Wildman–Crippen MR) is 116 cm³/mol. The van der Waals surface area contributed by atoms with Crippen LogP contribution in [0.4, 0.5) is 5.82 Å². The third kappa shape index (κ3) is 5.06. The maximum Gasteiger partial charge on any atom is 0.263 e. The van der Waals surface area contributed by atoms with Gasteiger partial charge in [-0.15, -0.1) is 0 Å². The molecule has 0 saturated carbocycles. The van der Waals surface area contributed by atoms with Crippen molar-refractivity contribution in [1.29, 1.82) is 0 Å². The molecule has 6 nitrogen and oxygen atoms in total. The van der Waals surface area contributed by atoms with E-state index in [0.717, 1.165) is 36.0 Å². The van der Waals surface area contributed by atoms with E-state index in [0.29, 0.717) is 23.7 Å². The van der Waals surface area contributed by atoms with E-state index in [4.69, 9.17) is 4.74 Å². The Morgan fingerprint density at radius 2 is 1.72 bits per heavy atom. The van der Waals surface area contributed by atoms with Crippen molar-refractivity contribution in [1.82, 2.24) is 15.3 Å². The number of thioether (sulfide) groups is 1. The van der Waals surface area contributed by atoms with Crippen LogP contribution in [0.15, 0.2) is 67.0 Å². The third-order valence-electron chi connectivity index (χ3n) is 4.58. The Morgan fingerprint density at radius 3 is 2.48 bits per heavy atom. The second-order valence-corrected chi connectivity index (χ2v) is 7.80. The van der Waals surface area contributed by atoms with Crippen LogP contribution < -0.4 is 15.0 Å². The fourth-order valence-corrected chi connectivity index (χ4v) is 3.95. The quantitative estimate of drug-likeness (QED) is 0.672. The first-order valence-electron chi connectivity index (χ1n) is 9.53. The van der Waals surface area contributed by atoms with Gasteiger partial charge < -0.3 is 15.0 Å². The zero-order chi connectivity index (χ0) is 19.9. The van der Waals surface area contributed by atoms with Gasteiger partial charge in [-0.05, 0) is 29.8 Å². The van der Waals surface area contributed by atoms with Gasteiger partial charge in [-0.25, -0.2) is 9.97 Å². The van der Waals surface area contributed by atoms with Crippen LogP contribution in [0.25, 0.3) is 0 Å². The van der Waals surface area contributed by atoms with Gasteiger partial charge in [0.05, 0.1) is 0 Å². The molecule has 1 aliphatic heterocycles. The van der Waals surface area contributed by atoms with Crippen LogP contribution in [0.1, 0.15) is 15.9 Å². The molecule has 1 aromatic heterocycles. The van der Waals surface area contributed by atoms with Crippen LogP contribution in [-0.2, 0) is 6.54 Å². The fraction of sp³-hybridized carbons (Fsp3) is 0.227. The standard InChI is InChI=1S/C22H22N4O2S/c27-21(25-16-17-4-2-1-3-5-17)18-6-8-19(9-7-18)28-22-20(23-10-11-24-22)26-12-14-29-15-13-26/h1-11H,12-16H2,(H,25,27). The zero-order valence-electron chi connectivity index (χ0n) is 16.0. The molecule has 1 amide bonds. The SMILES string of the molecule is O=C(NCc1ccccc1)c1ccc(Oc2nccnc2N2CCSCC2)cc1. The molecule has 148 valence electrons. The van der Waals surface area contributed by atoms with Crippen molar-refractivity contribution in [2.75, 3.05) is 29.5 Å². The number of nitrogens with zero attached hydrogens (tertiary/aromatic N) is 3. The molecule has 2 aromatic carbocycles. The van der Waals surface area contributed by atoms with Gasteiger partial charge in [0.1, 0.15) is 5.75 Å². The number of aromatic nitrogens is 2. The Morgan fingerprint density at radius 1 is 1.00 bits per heavy atom. The van der Waals surface area contributed by atoms with Crippen LogP contribution in [0.2, 0.25) is 0 Å². The minimum absolute atomic E-state index is 0.119. The monoisotopic (exact) mass is 406 g/mol. The molecule has 1 saturated heterocycles. The molecule has 3 aromatic rings. The second kappa shape index (κ2) is 9.43. The average molecular weight is 407 g/mol. The Bertz CT molecular complexity index is 945. The molecule has 0 spiro atoms. The molecule has 0 aliphatic carbocycles. The summed E-state index contributed by atoms with van der Waals surface area (Å²) < 4.78 is 5.97. The Kier molecular flexibility index (Phi) is 6.26. The van der Waals surface area contributed by atoms with Gasteiger partial charge in [0.2, 0.25) is 0 Å². The second-order valence-electron chi connectivity index (χ2n) is 6.58. The summed E-state index contributed by atoms with van der Waals surface area (Å²) in [6.45, 7) is 2.36. The molecular weight excluding hydrogens is 384 g/mol. The van der Waals surface area contributed by atoms with Crippen molar-refractivity contribution in [3.63, 3.8) is 0 Å². The summed E-state index contributed by atoms with van der Waals surface area (Å²) in [5, 5.41) is 2.93. The summed E-state index contributed by atoms with van der Waals surface area (Å²) in [6.07, 6.45) is 3.31. The minimum Gasteiger partial charge on any atom is -0.436 e. The van der Waals surface area contributed by atoms with Gasteiger partial charge in [-0.1, -0.05) is 30.3 Å². The molecule has 0 unspecified atom stereocenters. The van der Waals surface area contributed by atoms with Crippen molar-refractivity contribution in [3.8, 4) is 11.6 Å². The maximum absolute atomic E-state index is 12.4. The average Bonchev–Trinajstić information content (AvgIpc) is 2.80. The number of nitrogens with one attached hydrogen (secondary N) is 1. The van der Waals surface area contributed by atoms with Gasteiger partial charge in [-0.2, -0.15) is 11.8 Å². The van der Waals surface area contributed by atoms with Crippen LogP contribution in [0, 0.1) is 0 Å². The molecule has 1 aliphatic rings. The normalized spacial score (nSPS) is 13.7. The van der Waals surface area contributed by atoms with Crippen molar-refractivity contribution in [2.45, 2.75) is 6.54 Å². The number of benzene rings is 2. The number of hydrogen-bond acceptors (Lipinski definition) is 6. The number of carbonyl (C=O) groups excluding carboxylic acids is 1. The summed E-state index contributed by atoms with van der Waals surface area (Å²) in [4.78, 5) is 23.4. The first-order chi connectivity index (χ1) is 14.3. The van der Waals surface area contributed by atoms with Gasteiger partial charge in [0, 0.05) is 49.1 Å². The fourth-order valence-electron chi connectivity index (χ4n) is 3.05. The first kappa shape index (κ1) is 19.3. The topological polar surface area (TPSA) is 67.3 Å². The summed E-state index contributed by atoms with van der Waals surface area (Å²) in [5.41, 5.74) is 1.65. The lowest BCUT2D eigenvalue weighted by molar-refractivity contribution is 0.0951. The van der Waals surface area contributed by atoms with Gasteiger partial charge in [-0.3, -0.25) is 4.79 Å². The predicted octanol–water partition coefficient (Wildman–Crippen LogP) is 3.75. The van der Waals surface area contributed by atoms with Gasteiger partial charge in [0.25, 0.3) is 11.8 Å². The minimum atomic E-state index is -0.119. The Hall–Kier alpha value is -3.06. The number of hydrogen-bond donors (Lipinski definition) is 1. The first-order valence-corrected chi connectivity index (χ1v) is 10.7. The van der Waals surface area contributed by atoms with Crippen LogP contribution in [0.5, 0.6) is 11.6 Å². The number of ether oxygens (including phenoxy) is 1. The smallest absolute Gasteiger partial charge is 0.263 e. The molecule has 4 rings (SSSR count). The summed E-state index contributed by atoms with van der Waals surface area (Å²) in [6, 6.07) is 16.9. The molecule has 0 bridgehead atoms. The Balaban J connectivity index is 1.40. The zero-order valence-corrected chi connectivity index (χ0v) is 16.8. The van der Waals surface area contributed by atoms with E-state index in [1.165, 1.54) is 0 Å². The third-order valence-corrected chi connectivity index (χ3v) is 5.53. The molecule has 29 heavy (non-hydrogen) atoms. The van der Waals surface area contributed by atoms with E-state index in [-0.39, 0.29) is 5.91 Å². The van der Waals surface area contributed by atoms with Crippen LogP contribution in [0.3, 0.4) is 0 Å². The van der Waals surface area contributed by atoms with Crippen molar-refractivity contribution in [2.24, 2.45) is 0 Å². The van der Waals surface area contributed by atoms with Gasteiger partial charge >= 0.3 is 0 Å². The van der Waals surface area contributed by atoms with Crippen LogP contribution >= 0.6 is 11.8 Å². The molecule has 7 heteroatoms. The summed E-state index contributed by atoms with van der Waals surface area (Å²) in [5.74, 6) is 3.90. The van der Waals surface area contributed by atoms with E-state index in [1.54, 1.807) is 36.7 Å². The number of rotatable bonds is 6. The van der Waals surface area contributed by atoms with E-state index in [1.807, 2.05) is 42.1 Å². The summed E-state index contributed by atoms with van der Waals surface area (Å²) in [7, 11) is 0. The molecular formula is C22H22N4O2S. The lowest BCUT2D eigenvalue weighted by atomic mass is 10.2. The lowest BCUT2D eigenvalue weighted by Crippen LogP contribution is -2.33. The van der Waals surface area contributed by atoms with E-state index >= 15 is 0 Å². The van der Waals surface area contributed by atoms with Crippen LogP contribution in [-0.4, -0.2) is 40.5 Å². The maximum atomic E-state index is 12.4. The number of amides is 1. The Labute approximate surface area is 174 Å². The number of carbonyl (C=O) groups is 1. The molecule has 0 radical (unpaired) electrons. The molecule has 1 N–H and O–H groups in total. The van der Waals surface area contributed by atoms with E-state index in [9.17, 15) is 4.79 Å². The van der Waals surface area contributed by atoms with E-state index in [2.05, 4.69) is 20.2 Å². The molecule has 2 heterocycles. The van der Waals surface area contributed by atoms with Crippen molar-refractivity contribution < 1.29 is 9.53 Å². The van der Waals surface area contributed by atoms with Crippen molar-refractivity contribution in [3.05, 3.63) is 78.1 Å². The highest BCUT2D eigenvalue weighted by atomic mass is 32.2. The molecule has 1 fully saturated rings. The largest absolute Gasteiger partial charge is 0.436 e. The van der Waals surface area contributed by atoms with Crippen molar-refractivity contribution >= 4 is 23.5 Å². The van der Waals surface area contributed by atoms with E-state index < -0.39 is 0 Å². The molecule has 0 atom stereocenters. The highest BCUT2D eigenvalue weighted by Crippen LogP contribution is 2.29. The summed E-state index contributed by atoms with van der Waals surface area (Å²) >= 11 is 1.94.